The summed E-state index contributed by atoms with van der Waals surface area (Å²) in [6.45, 7) is -0.231. The maximum atomic E-state index is 12.1. The predicted octanol–water partition coefficient (Wildman–Crippen LogP) is 4.48. The van der Waals surface area contributed by atoms with E-state index >= 15 is 0 Å². The number of fused-ring (bicyclic) bond motifs is 1. The molecule has 0 aliphatic heterocycles. The van der Waals surface area contributed by atoms with Crippen molar-refractivity contribution in [2.45, 2.75) is 0 Å². The average Bonchev–Trinajstić information content (AvgIpc) is 2.75. The number of hydrazine groups is 1. The van der Waals surface area contributed by atoms with Crippen molar-refractivity contribution in [2.75, 3.05) is 6.61 Å². The first-order valence-electron chi connectivity index (χ1n) is 9.06. The molecular weight excluding hydrogens is 546 g/mol. The van der Waals surface area contributed by atoms with Crippen molar-refractivity contribution in [1.29, 1.82) is 0 Å². The number of amides is 2. The summed E-state index contributed by atoms with van der Waals surface area (Å²) in [5.41, 5.74) is 5.75. The molecule has 0 bridgehead atoms. The Morgan fingerprint density at radius 2 is 1.77 bits per heavy atom. The lowest BCUT2D eigenvalue weighted by atomic mass is 10.0. The van der Waals surface area contributed by atoms with E-state index in [1.54, 1.807) is 18.2 Å². The van der Waals surface area contributed by atoms with Gasteiger partial charge >= 0.3 is 0 Å². The lowest BCUT2D eigenvalue weighted by Gasteiger charge is -2.11. The summed E-state index contributed by atoms with van der Waals surface area (Å²) in [5.74, 6) is -0.361. The number of rotatable bonds is 5. The van der Waals surface area contributed by atoms with Gasteiger partial charge in [-0.05, 0) is 68.8 Å². The molecule has 0 aliphatic rings. The lowest BCUT2D eigenvalue weighted by Crippen LogP contribution is -2.49. The topological polar surface area (TPSA) is 79.5 Å². The lowest BCUT2D eigenvalue weighted by molar-refractivity contribution is -0.123. The zero-order valence-electron chi connectivity index (χ0n) is 16.0. The standard InChI is InChI=1S/C22H17Br2N3O3S/c23-16-9-10-19(18(24)12-16)30-13-21(29)26-27-22(31)25-20(28)11-8-15-6-3-5-14-4-1-2-7-17(14)15/h1-12H,13H2,(H,26,29)(H2,25,27,28,31). The number of carbonyl (C=O) groups is 2. The quantitative estimate of drug-likeness (QED) is 0.243. The van der Waals surface area contributed by atoms with Crippen LogP contribution in [0.2, 0.25) is 0 Å². The normalized spacial score (nSPS) is 10.6. The fourth-order valence-electron chi connectivity index (χ4n) is 2.64. The molecule has 0 saturated carbocycles. The highest BCUT2D eigenvalue weighted by molar-refractivity contribution is 9.11. The number of carbonyl (C=O) groups excluding carboxylic acids is 2. The molecule has 158 valence electrons. The van der Waals surface area contributed by atoms with Crippen LogP contribution < -0.4 is 20.9 Å². The third-order valence-electron chi connectivity index (χ3n) is 4.04. The highest BCUT2D eigenvalue weighted by atomic mass is 79.9. The zero-order valence-corrected chi connectivity index (χ0v) is 20.0. The first kappa shape index (κ1) is 22.9. The minimum absolute atomic E-state index is 0.0364. The van der Waals surface area contributed by atoms with Crippen molar-refractivity contribution in [3.63, 3.8) is 0 Å². The molecule has 2 amide bonds. The van der Waals surface area contributed by atoms with Crippen LogP contribution >= 0.6 is 44.1 Å². The summed E-state index contributed by atoms with van der Waals surface area (Å²) in [5, 5.41) is 4.56. The fraction of sp³-hybridized carbons (Fsp3) is 0.0455. The molecule has 6 nitrogen and oxygen atoms in total. The third kappa shape index (κ3) is 6.88. The third-order valence-corrected chi connectivity index (χ3v) is 5.36. The van der Waals surface area contributed by atoms with E-state index in [0.29, 0.717) is 10.2 Å². The van der Waals surface area contributed by atoms with Crippen LogP contribution in [0.25, 0.3) is 16.8 Å². The second-order valence-corrected chi connectivity index (χ2v) is 8.43. The molecule has 3 N–H and O–H groups in total. The van der Waals surface area contributed by atoms with Crippen molar-refractivity contribution < 1.29 is 14.3 Å². The van der Waals surface area contributed by atoms with Gasteiger partial charge in [0.05, 0.1) is 4.47 Å². The molecule has 9 heteroatoms. The van der Waals surface area contributed by atoms with E-state index in [1.165, 1.54) is 6.08 Å². The Morgan fingerprint density at radius 3 is 2.58 bits per heavy atom. The summed E-state index contributed by atoms with van der Waals surface area (Å²) >= 11 is 11.7. The Bertz CT molecular complexity index is 1160. The minimum Gasteiger partial charge on any atom is -0.483 e. The summed E-state index contributed by atoms with van der Waals surface area (Å²) in [4.78, 5) is 24.0. The van der Waals surface area contributed by atoms with E-state index < -0.39 is 11.8 Å². The molecule has 0 radical (unpaired) electrons. The number of halogens is 2. The Labute approximate surface area is 201 Å². The van der Waals surface area contributed by atoms with Crippen molar-refractivity contribution in [3.8, 4) is 5.75 Å². The molecular formula is C22H17Br2N3O3S. The van der Waals surface area contributed by atoms with Crippen LogP contribution in [0.3, 0.4) is 0 Å². The predicted molar refractivity (Wildman–Crippen MR) is 132 cm³/mol. The van der Waals surface area contributed by atoms with Gasteiger partial charge in [-0.2, -0.15) is 0 Å². The molecule has 3 aromatic rings. The number of hydrogen-bond donors (Lipinski definition) is 3. The Kier molecular flexibility index (Phi) is 8.16. The SMILES string of the molecule is O=C(C=Cc1cccc2ccccc12)NC(=S)NNC(=O)COc1ccc(Br)cc1Br. The molecule has 0 saturated heterocycles. The van der Waals surface area contributed by atoms with E-state index in [2.05, 4.69) is 48.0 Å². The van der Waals surface area contributed by atoms with E-state index in [4.69, 9.17) is 17.0 Å². The number of benzene rings is 3. The molecule has 0 fully saturated rings. The second kappa shape index (κ2) is 11.0. The van der Waals surface area contributed by atoms with Crippen LogP contribution in [-0.2, 0) is 9.59 Å². The Balaban J connectivity index is 1.45. The average molecular weight is 563 g/mol. The highest BCUT2D eigenvalue weighted by Gasteiger charge is 2.07. The molecule has 0 aliphatic carbocycles. The molecule has 0 atom stereocenters. The molecule has 3 rings (SSSR count). The van der Waals surface area contributed by atoms with E-state index in [9.17, 15) is 9.59 Å². The summed E-state index contributed by atoms with van der Waals surface area (Å²) in [6.07, 6.45) is 3.09. The van der Waals surface area contributed by atoms with Crippen LogP contribution in [0, 0.1) is 0 Å². The summed E-state index contributed by atoms with van der Waals surface area (Å²) in [7, 11) is 0. The first-order chi connectivity index (χ1) is 14.9. The highest BCUT2D eigenvalue weighted by Crippen LogP contribution is 2.28. The van der Waals surface area contributed by atoms with Gasteiger partial charge in [0.15, 0.2) is 11.7 Å². The first-order valence-corrected chi connectivity index (χ1v) is 11.1. The van der Waals surface area contributed by atoms with Crippen LogP contribution in [0.1, 0.15) is 5.56 Å². The van der Waals surface area contributed by atoms with Gasteiger partial charge < -0.3 is 4.74 Å². The molecule has 3 aromatic carbocycles. The van der Waals surface area contributed by atoms with Gasteiger partial charge in [0.2, 0.25) is 5.91 Å². The van der Waals surface area contributed by atoms with Gasteiger partial charge in [-0.1, -0.05) is 58.4 Å². The number of thiocarbonyl (C=S) groups is 1. The van der Waals surface area contributed by atoms with Crippen LogP contribution in [0.5, 0.6) is 5.75 Å². The van der Waals surface area contributed by atoms with Gasteiger partial charge in [-0.3, -0.25) is 25.8 Å². The molecule has 0 unspecified atom stereocenters. The van der Waals surface area contributed by atoms with Gasteiger partial charge in [0, 0.05) is 10.5 Å². The summed E-state index contributed by atoms with van der Waals surface area (Å²) < 4.78 is 7.02. The largest absolute Gasteiger partial charge is 0.483 e. The number of nitrogens with one attached hydrogen (secondary N) is 3. The van der Waals surface area contributed by atoms with Crippen LogP contribution in [-0.4, -0.2) is 23.5 Å². The monoisotopic (exact) mass is 561 g/mol. The van der Waals surface area contributed by atoms with E-state index in [-0.39, 0.29) is 11.7 Å². The van der Waals surface area contributed by atoms with Gasteiger partial charge in [-0.15, -0.1) is 0 Å². The van der Waals surface area contributed by atoms with Crippen LogP contribution in [0.15, 0.2) is 75.7 Å². The Hall–Kier alpha value is -2.75. The molecule has 0 spiro atoms. The number of ether oxygens (including phenoxy) is 1. The van der Waals surface area contributed by atoms with Crippen molar-refractivity contribution in [2.24, 2.45) is 0 Å². The second-order valence-electron chi connectivity index (χ2n) is 6.26. The Morgan fingerprint density at radius 1 is 1.00 bits per heavy atom. The van der Waals surface area contributed by atoms with Crippen LogP contribution in [0.4, 0.5) is 0 Å². The van der Waals surface area contributed by atoms with Crippen molar-refractivity contribution in [3.05, 3.63) is 81.2 Å². The fourth-order valence-corrected chi connectivity index (χ4v) is 3.96. The van der Waals surface area contributed by atoms with E-state index in [0.717, 1.165) is 20.8 Å². The van der Waals surface area contributed by atoms with Gasteiger partial charge in [-0.25, -0.2) is 0 Å². The molecule has 0 heterocycles. The number of hydrogen-bond acceptors (Lipinski definition) is 4. The zero-order chi connectivity index (χ0) is 22.2. The van der Waals surface area contributed by atoms with E-state index in [1.807, 2.05) is 48.5 Å². The van der Waals surface area contributed by atoms with Gasteiger partial charge in [0.1, 0.15) is 5.75 Å². The molecule has 31 heavy (non-hydrogen) atoms. The smallest absolute Gasteiger partial charge is 0.276 e. The van der Waals surface area contributed by atoms with Crippen molar-refractivity contribution in [1.82, 2.24) is 16.2 Å². The van der Waals surface area contributed by atoms with Gasteiger partial charge in [0.25, 0.3) is 5.91 Å². The maximum Gasteiger partial charge on any atom is 0.276 e. The maximum absolute atomic E-state index is 12.1. The van der Waals surface area contributed by atoms with Crippen molar-refractivity contribution >= 4 is 77.9 Å². The minimum atomic E-state index is -0.460. The summed E-state index contributed by atoms with van der Waals surface area (Å²) in [6, 6.07) is 19.1. The molecule has 0 aromatic heterocycles.